The van der Waals surface area contributed by atoms with Gasteiger partial charge < -0.3 is 4.98 Å². The van der Waals surface area contributed by atoms with Crippen LogP contribution in [0.25, 0.3) is 55.7 Å². The van der Waals surface area contributed by atoms with Gasteiger partial charge in [0.05, 0.1) is 16.9 Å². The second kappa shape index (κ2) is 8.94. The summed E-state index contributed by atoms with van der Waals surface area (Å²) in [5, 5.41) is 8.64. The van der Waals surface area contributed by atoms with Crippen LogP contribution in [0.5, 0.6) is 0 Å². The Morgan fingerprint density at radius 3 is 2.62 bits per heavy atom. The molecule has 6 aromatic rings. The molecule has 5 heterocycles. The van der Waals surface area contributed by atoms with Crippen molar-refractivity contribution in [3.8, 4) is 33.8 Å². The normalized spacial score (nSPS) is 14.2. The lowest BCUT2D eigenvalue weighted by atomic mass is 10.0. The van der Waals surface area contributed by atoms with E-state index in [4.69, 9.17) is 4.98 Å². The summed E-state index contributed by atoms with van der Waals surface area (Å²) in [6.45, 7) is 3.21. The van der Waals surface area contributed by atoms with Crippen LogP contribution in [-0.2, 0) is 6.54 Å². The summed E-state index contributed by atoms with van der Waals surface area (Å²) in [6, 6.07) is 21.0. The van der Waals surface area contributed by atoms with Gasteiger partial charge in [-0.1, -0.05) is 30.3 Å². The molecular weight excluding hydrogens is 463 g/mol. The Kier molecular flexibility index (Phi) is 5.29. The number of aromatic nitrogens is 5. The van der Waals surface area contributed by atoms with Crippen LogP contribution in [0.15, 0.2) is 79.1 Å². The molecule has 6 nitrogen and oxygen atoms in total. The van der Waals surface area contributed by atoms with Crippen molar-refractivity contribution >= 4 is 21.9 Å². The number of nitrogens with one attached hydrogen (secondary N) is 2. The predicted octanol–water partition coefficient (Wildman–Crippen LogP) is 6.57. The van der Waals surface area contributed by atoms with Gasteiger partial charge in [0.15, 0.2) is 0 Å². The molecule has 4 aromatic heterocycles. The Hall–Kier alpha value is -4.36. The van der Waals surface area contributed by atoms with Crippen LogP contribution < -0.4 is 0 Å². The standard InChI is InChI=1S/C30H25FN6/c31-24-8-2-1-6-22(24)21-7-5-9-26-23(21)15-28(33-26)30-29-27(35-36-30)11-10-25(34-29)20-14-19(16-32-17-20)18-37-12-3-4-13-37/h1-2,5-11,14-17,33H,3-4,12-13,18H2,(H,35,36). The molecule has 0 bridgehead atoms. The monoisotopic (exact) mass is 488 g/mol. The van der Waals surface area contributed by atoms with E-state index in [0.717, 1.165) is 69.8 Å². The number of likely N-dealkylation sites (tertiary alicyclic amines) is 1. The Morgan fingerprint density at radius 2 is 1.73 bits per heavy atom. The second-order valence-corrected chi connectivity index (χ2v) is 9.66. The fourth-order valence-electron chi connectivity index (χ4n) is 5.36. The van der Waals surface area contributed by atoms with Crippen molar-refractivity contribution in [2.75, 3.05) is 13.1 Å². The van der Waals surface area contributed by atoms with Gasteiger partial charge in [0.2, 0.25) is 0 Å². The first kappa shape index (κ1) is 21.9. The van der Waals surface area contributed by atoms with E-state index in [-0.39, 0.29) is 5.82 Å². The van der Waals surface area contributed by atoms with Gasteiger partial charge in [-0.3, -0.25) is 15.0 Å². The SMILES string of the molecule is Fc1ccccc1-c1cccc2[nH]c(-c3n[nH]c4ccc(-c5cncc(CN6CCCC6)c5)nc34)cc12. The second-order valence-electron chi connectivity index (χ2n) is 9.66. The molecule has 7 rings (SSSR count). The van der Waals surface area contributed by atoms with Crippen LogP contribution in [0.3, 0.4) is 0 Å². The van der Waals surface area contributed by atoms with Gasteiger partial charge in [-0.2, -0.15) is 5.10 Å². The average molecular weight is 489 g/mol. The number of halogens is 1. The molecule has 1 saturated heterocycles. The number of hydrogen-bond donors (Lipinski definition) is 2. The van der Waals surface area contributed by atoms with Crippen molar-refractivity contribution < 1.29 is 4.39 Å². The molecular formula is C30H25FN6. The summed E-state index contributed by atoms with van der Waals surface area (Å²) in [7, 11) is 0. The molecule has 0 spiro atoms. The number of hydrogen-bond acceptors (Lipinski definition) is 4. The van der Waals surface area contributed by atoms with Crippen molar-refractivity contribution in [3.05, 3.63) is 90.5 Å². The van der Waals surface area contributed by atoms with Gasteiger partial charge in [0.1, 0.15) is 17.0 Å². The van der Waals surface area contributed by atoms with Gasteiger partial charge in [0.25, 0.3) is 0 Å². The lowest BCUT2D eigenvalue weighted by molar-refractivity contribution is 0.331. The maximum atomic E-state index is 14.6. The number of nitrogens with zero attached hydrogens (tertiary/aromatic N) is 4. The molecule has 0 aliphatic carbocycles. The summed E-state index contributed by atoms with van der Waals surface area (Å²) >= 11 is 0. The molecule has 0 atom stereocenters. The lowest BCUT2D eigenvalue weighted by Crippen LogP contribution is -2.18. The summed E-state index contributed by atoms with van der Waals surface area (Å²) in [5.41, 5.74) is 8.57. The highest BCUT2D eigenvalue weighted by Gasteiger charge is 2.17. The first-order chi connectivity index (χ1) is 18.2. The highest BCUT2D eigenvalue weighted by molar-refractivity contribution is 6.00. The van der Waals surface area contributed by atoms with Crippen molar-refractivity contribution in [2.24, 2.45) is 0 Å². The zero-order chi connectivity index (χ0) is 24.8. The number of benzene rings is 2. The molecule has 1 aliphatic heterocycles. The van der Waals surface area contributed by atoms with Gasteiger partial charge in [-0.15, -0.1) is 0 Å². The summed E-state index contributed by atoms with van der Waals surface area (Å²) in [4.78, 5) is 15.4. The van der Waals surface area contributed by atoms with Crippen LogP contribution in [0.1, 0.15) is 18.4 Å². The summed E-state index contributed by atoms with van der Waals surface area (Å²) in [5.74, 6) is -0.241. The van der Waals surface area contributed by atoms with E-state index < -0.39 is 0 Å². The van der Waals surface area contributed by atoms with Crippen LogP contribution in [-0.4, -0.2) is 43.1 Å². The number of aromatic amines is 2. The minimum absolute atomic E-state index is 0.241. The highest BCUT2D eigenvalue weighted by Crippen LogP contribution is 2.35. The van der Waals surface area contributed by atoms with Gasteiger partial charge in [0, 0.05) is 41.0 Å². The number of H-pyrrole nitrogens is 2. The average Bonchev–Trinajstić information content (AvgIpc) is 3.68. The van der Waals surface area contributed by atoms with E-state index in [1.807, 2.05) is 54.9 Å². The molecule has 0 radical (unpaired) electrons. The number of rotatable bonds is 5. The van der Waals surface area contributed by atoms with Crippen LogP contribution >= 0.6 is 0 Å². The molecule has 1 fully saturated rings. The maximum absolute atomic E-state index is 14.6. The van der Waals surface area contributed by atoms with Crippen molar-refractivity contribution in [2.45, 2.75) is 19.4 Å². The topological polar surface area (TPSA) is 73.5 Å². The molecule has 2 aromatic carbocycles. The zero-order valence-corrected chi connectivity index (χ0v) is 20.2. The first-order valence-electron chi connectivity index (χ1n) is 12.6. The minimum atomic E-state index is -0.241. The fourth-order valence-corrected chi connectivity index (χ4v) is 5.36. The number of pyridine rings is 2. The van der Waals surface area contributed by atoms with Gasteiger partial charge in [-0.25, -0.2) is 9.37 Å². The first-order valence-corrected chi connectivity index (χ1v) is 12.6. The number of fused-ring (bicyclic) bond motifs is 2. The fraction of sp³-hybridized carbons (Fsp3) is 0.167. The Morgan fingerprint density at radius 1 is 0.865 bits per heavy atom. The smallest absolute Gasteiger partial charge is 0.135 e. The third kappa shape index (κ3) is 3.97. The van der Waals surface area contributed by atoms with E-state index in [0.29, 0.717) is 5.56 Å². The van der Waals surface area contributed by atoms with E-state index >= 15 is 0 Å². The molecule has 182 valence electrons. The van der Waals surface area contributed by atoms with Crippen LogP contribution in [0.2, 0.25) is 0 Å². The van der Waals surface area contributed by atoms with E-state index in [9.17, 15) is 4.39 Å². The Labute approximate surface area is 213 Å². The molecule has 0 unspecified atom stereocenters. The Balaban J connectivity index is 1.29. The highest BCUT2D eigenvalue weighted by atomic mass is 19.1. The summed E-state index contributed by atoms with van der Waals surface area (Å²) < 4.78 is 14.6. The maximum Gasteiger partial charge on any atom is 0.135 e. The third-order valence-electron chi connectivity index (χ3n) is 7.19. The van der Waals surface area contributed by atoms with E-state index in [1.54, 1.807) is 12.1 Å². The Bertz CT molecular complexity index is 1740. The predicted molar refractivity (Wildman–Crippen MR) is 144 cm³/mol. The molecule has 0 saturated carbocycles. The third-order valence-corrected chi connectivity index (χ3v) is 7.19. The van der Waals surface area contributed by atoms with Gasteiger partial charge >= 0.3 is 0 Å². The van der Waals surface area contributed by atoms with Crippen molar-refractivity contribution in [1.82, 2.24) is 30.0 Å². The summed E-state index contributed by atoms with van der Waals surface area (Å²) in [6.07, 6.45) is 6.35. The molecule has 0 amide bonds. The zero-order valence-electron chi connectivity index (χ0n) is 20.2. The molecule has 2 N–H and O–H groups in total. The van der Waals surface area contributed by atoms with E-state index in [2.05, 4.69) is 31.1 Å². The van der Waals surface area contributed by atoms with E-state index in [1.165, 1.54) is 24.5 Å². The van der Waals surface area contributed by atoms with Crippen molar-refractivity contribution in [3.63, 3.8) is 0 Å². The quantitative estimate of drug-likeness (QED) is 0.288. The van der Waals surface area contributed by atoms with Crippen LogP contribution in [0, 0.1) is 5.82 Å². The van der Waals surface area contributed by atoms with Gasteiger partial charge in [-0.05, 0) is 73.5 Å². The largest absolute Gasteiger partial charge is 0.353 e. The van der Waals surface area contributed by atoms with Crippen LogP contribution in [0.4, 0.5) is 4.39 Å². The minimum Gasteiger partial charge on any atom is -0.353 e. The van der Waals surface area contributed by atoms with Crippen molar-refractivity contribution in [1.29, 1.82) is 0 Å². The molecule has 1 aliphatic rings. The lowest BCUT2D eigenvalue weighted by Gasteiger charge is -2.14. The molecule has 37 heavy (non-hydrogen) atoms. The molecule has 7 heteroatoms.